The van der Waals surface area contributed by atoms with Gasteiger partial charge in [-0.3, -0.25) is 9.59 Å². The fraction of sp³-hybridized carbons (Fsp3) is 0.333. The SMILES string of the molecule is C=C(C)COc1cccc(C(=O)N[C@@H](C)CC(=O)O)c1. The van der Waals surface area contributed by atoms with Crippen molar-refractivity contribution >= 4 is 11.9 Å². The minimum Gasteiger partial charge on any atom is -0.489 e. The van der Waals surface area contributed by atoms with E-state index in [1.807, 2.05) is 6.92 Å². The Morgan fingerprint density at radius 3 is 2.75 bits per heavy atom. The van der Waals surface area contributed by atoms with Crippen molar-refractivity contribution in [1.29, 1.82) is 0 Å². The third kappa shape index (κ3) is 5.56. The van der Waals surface area contributed by atoms with Crippen LogP contribution in [-0.2, 0) is 4.79 Å². The van der Waals surface area contributed by atoms with E-state index in [-0.39, 0.29) is 12.3 Å². The molecule has 1 aromatic carbocycles. The van der Waals surface area contributed by atoms with E-state index < -0.39 is 12.0 Å². The van der Waals surface area contributed by atoms with Gasteiger partial charge in [-0.15, -0.1) is 0 Å². The van der Waals surface area contributed by atoms with Crippen LogP contribution in [0.5, 0.6) is 5.75 Å². The number of hydrogen-bond acceptors (Lipinski definition) is 3. The second-order valence-electron chi connectivity index (χ2n) is 4.75. The van der Waals surface area contributed by atoms with Crippen LogP contribution >= 0.6 is 0 Å². The Morgan fingerprint density at radius 2 is 2.15 bits per heavy atom. The van der Waals surface area contributed by atoms with Gasteiger partial charge in [-0.1, -0.05) is 12.6 Å². The summed E-state index contributed by atoms with van der Waals surface area (Å²) in [6, 6.07) is 6.30. The number of ether oxygens (including phenoxy) is 1. The van der Waals surface area contributed by atoms with Gasteiger partial charge in [0, 0.05) is 11.6 Å². The monoisotopic (exact) mass is 277 g/mol. The molecule has 5 nitrogen and oxygen atoms in total. The minimum absolute atomic E-state index is 0.114. The molecular weight excluding hydrogens is 258 g/mol. The zero-order valence-electron chi connectivity index (χ0n) is 11.7. The number of carbonyl (C=O) groups is 2. The molecule has 0 saturated heterocycles. The number of carboxylic acids is 1. The Labute approximate surface area is 118 Å². The number of aliphatic carboxylic acids is 1. The lowest BCUT2D eigenvalue weighted by Crippen LogP contribution is -2.34. The van der Waals surface area contributed by atoms with E-state index >= 15 is 0 Å². The van der Waals surface area contributed by atoms with Gasteiger partial charge in [-0.25, -0.2) is 0 Å². The number of nitrogens with one attached hydrogen (secondary N) is 1. The highest BCUT2D eigenvalue weighted by molar-refractivity contribution is 5.94. The van der Waals surface area contributed by atoms with E-state index in [4.69, 9.17) is 9.84 Å². The zero-order chi connectivity index (χ0) is 15.1. The van der Waals surface area contributed by atoms with Crippen LogP contribution in [-0.4, -0.2) is 29.6 Å². The molecule has 0 aliphatic heterocycles. The van der Waals surface area contributed by atoms with Crippen LogP contribution in [0.1, 0.15) is 30.6 Å². The van der Waals surface area contributed by atoms with E-state index in [0.29, 0.717) is 17.9 Å². The number of rotatable bonds is 7. The lowest BCUT2D eigenvalue weighted by atomic mass is 10.1. The van der Waals surface area contributed by atoms with Crippen LogP contribution in [0.3, 0.4) is 0 Å². The van der Waals surface area contributed by atoms with Crippen molar-refractivity contribution < 1.29 is 19.4 Å². The molecule has 1 rings (SSSR count). The summed E-state index contributed by atoms with van der Waals surface area (Å²) in [5.74, 6) is -0.692. The molecule has 0 saturated carbocycles. The van der Waals surface area contributed by atoms with Gasteiger partial charge in [0.05, 0.1) is 6.42 Å². The highest BCUT2D eigenvalue weighted by atomic mass is 16.5. The molecule has 108 valence electrons. The van der Waals surface area contributed by atoms with Crippen LogP contribution in [0.15, 0.2) is 36.4 Å². The molecule has 0 bridgehead atoms. The van der Waals surface area contributed by atoms with Crippen LogP contribution in [0, 0.1) is 0 Å². The molecule has 0 aliphatic carbocycles. The van der Waals surface area contributed by atoms with Crippen LogP contribution < -0.4 is 10.1 Å². The number of carboxylic acid groups (broad SMARTS) is 1. The Balaban J connectivity index is 2.66. The molecule has 1 atom stereocenters. The maximum absolute atomic E-state index is 11.9. The molecule has 0 spiro atoms. The molecule has 0 unspecified atom stereocenters. The van der Waals surface area contributed by atoms with E-state index in [9.17, 15) is 9.59 Å². The van der Waals surface area contributed by atoms with E-state index in [2.05, 4.69) is 11.9 Å². The first kappa shape index (κ1) is 15.8. The first-order chi connectivity index (χ1) is 9.38. The number of carbonyl (C=O) groups excluding carboxylic acids is 1. The van der Waals surface area contributed by atoms with Gasteiger partial charge in [0.25, 0.3) is 5.91 Å². The van der Waals surface area contributed by atoms with Gasteiger partial charge in [0.1, 0.15) is 12.4 Å². The van der Waals surface area contributed by atoms with Crippen molar-refractivity contribution in [3.63, 3.8) is 0 Å². The van der Waals surface area contributed by atoms with Crippen LogP contribution in [0.25, 0.3) is 0 Å². The number of hydrogen-bond donors (Lipinski definition) is 2. The summed E-state index contributed by atoms with van der Waals surface area (Å²) < 4.78 is 5.45. The number of benzene rings is 1. The Bertz CT molecular complexity index is 510. The zero-order valence-corrected chi connectivity index (χ0v) is 11.7. The smallest absolute Gasteiger partial charge is 0.305 e. The van der Waals surface area contributed by atoms with Crippen LogP contribution in [0.2, 0.25) is 0 Å². The molecule has 0 aliphatic rings. The van der Waals surface area contributed by atoms with E-state index in [1.54, 1.807) is 31.2 Å². The average Bonchev–Trinajstić information content (AvgIpc) is 2.35. The maximum Gasteiger partial charge on any atom is 0.305 e. The topological polar surface area (TPSA) is 75.6 Å². The highest BCUT2D eigenvalue weighted by Crippen LogP contribution is 2.14. The molecule has 2 N–H and O–H groups in total. The highest BCUT2D eigenvalue weighted by Gasteiger charge is 2.13. The van der Waals surface area contributed by atoms with Gasteiger partial charge in [-0.2, -0.15) is 0 Å². The van der Waals surface area contributed by atoms with Crippen LogP contribution in [0.4, 0.5) is 0 Å². The Hall–Kier alpha value is -2.30. The predicted octanol–water partition coefficient (Wildman–Crippen LogP) is 2.23. The summed E-state index contributed by atoms with van der Waals surface area (Å²) in [6.07, 6.45) is -0.114. The fourth-order valence-electron chi connectivity index (χ4n) is 1.55. The maximum atomic E-state index is 11.9. The van der Waals surface area contributed by atoms with Crippen molar-refractivity contribution in [2.24, 2.45) is 0 Å². The van der Waals surface area contributed by atoms with Crippen molar-refractivity contribution in [3.8, 4) is 5.75 Å². The second kappa shape index (κ2) is 7.33. The largest absolute Gasteiger partial charge is 0.489 e. The van der Waals surface area contributed by atoms with Gasteiger partial charge in [0.15, 0.2) is 0 Å². The summed E-state index contributed by atoms with van der Waals surface area (Å²) in [6.45, 7) is 7.62. The molecule has 0 fully saturated rings. The Kier molecular flexibility index (Phi) is 5.77. The van der Waals surface area contributed by atoms with E-state index in [0.717, 1.165) is 5.57 Å². The van der Waals surface area contributed by atoms with E-state index in [1.165, 1.54) is 0 Å². The summed E-state index contributed by atoms with van der Waals surface area (Å²) in [4.78, 5) is 22.5. The molecule has 0 radical (unpaired) electrons. The normalized spacial score (nSPS) is 11.5. The van der Waals surface area contributed by atoms with Crippen molar-refractivity contribution in [2.75, 3.05) is 6.61 Å². The molecule has 0 heterocycles. The summed E-state index contributed by atoms with van der Waals surface area (Å²) in [7, 11) is 0. The summed E-state index contributed by atoms with van der Waals surface area (Å²) >= 11 is 0. The first-order valence-corrected chi connectivity index (χ1v) is 6.28. The van der Waals surface area contributed by atoms with Crippen molar-refractivity contribution in [2.45, 2.75) is 26.3 Å². The van der Waals surface area contributed by atoms with Gasteiger partial charge < -0.3 is 15.2 Å². The summed E-state index contributed by atoms with van der Waals surface area (Å²) in [5.41, 5.74) is 1.32. The van der Waals surface area contributed by atoms with Crippen molar-refractivity contribution in [3.05, 3.63) is 42.0 Å². The van der Waals surface area contributed by atoms with Gasteiger partial charge >= 0.3 is 5.97 Å². The first-order valence-electron chi connectivity index (χ1n) is 6.28. The molecule has 5 heteroatoms. The van der Waals surface area contributed by atoms with Crippen molar-refractivity contribution in [1.82, 2.24) is 5.32 Å². The van der Waals surface area contributed by atoms with Gasteiger partial charge in [-0.05, 0) is 37.6 Å². The fourth-order valence-corrected chi connectivity index (χ4v) is 1.55. The molecule has 1 amide bonds. The molecular formula is C15H19NO4. The molecule has 20 heavy (non-hydrogen) atoms. The number of amides is 1. The third-order valence-corrected chi connectivity index (χ3v) is 2.44. The summed E-state index contributed by atoms with van der Waals surface area (Å²) in [5, 5.41) is 11.3. The third-order valence-electron chi connectivity index (χ3n) is 2.44. The van der Waals surface area contributed by atoms with Gasteiger partial charge in [0.2, 0.25) is 0 Å². The standard InChI is InChI=1S/C15H19NO4/c1-10(2)9-20-13-6-4-5-12(8-13)15(19)16-11(3)7-14(17)18/h4-6,8,11H,1,7,9H2,2-3H3,(H,16,19)(H,17,18)/t11-/m0/s1. The average molecular weight is 277 g/mol. The Morgan fingerprint density at radius 1 is 1.45 bits per heavy atom. The predicted molar refractivity (Wildman–Crippen MR) is 75.9 cm³/mol. The second-order valence-corrected chi connectivity index (χ2v) is 4.75. The molecule has 1 aromatic rings. The molecule has 0 aromatic heterocycles. The quantitative estimate of drug-likeness (QED) is 0.749. The minimum atomic E-state index is -0.948. The lowest BCUT2D eigenvalue weighted by Gasteiger charge is -2.12. The lowest BCUT2D eigenvalue weighted by molar-refractivity contribution is -0.137.